The third-order valence-corrected chi connectivity index (χ3v) is 4.41. The minimum Gasteiger partial charge on any atom is -0.454 e. The van der Waals surface area contributed by atoms with E-state index in [2.05, 4.69) is 52.8 Å². The van der Waals surface area contributed by atoms with E-state index in [4.69, 9.17) is 9.47 Å². The van der Waals surface area contributed by atoms with Gasteiger partial charge in [-0.15, -0.1) is 0 Å². The highest BCUT2D eigenvalue weighted by molar-refractivity contribution is 5.95. The topological polar surface area (TPSA) is 58.1 Å². The number of nitrogens with one attached hydrogen (secondary N) is 2. The number of hydrogen-bond donors (Lipinski definition) is 2. The molecule has 4 rings (SSSR count). The average molecular weight is 338 g/mol. The number of anilines is 2. The molecule has 2 N–H and O–H groups in total. The molecule has 0 fully saturated rings. The number of rotatable bonds is 3. The minimum absolute atomic E-state index is 0.298. The Morgan fingerprint density at radius 1 is 1.12 bits per heavy atom. The molecule has 0 radical (unpaired) electrons. The van der Waals surface area contributed by atoms with Crippen LogP contribution in [0.25, 0.3) is 0 Å². The van der Waals surface area contributed by atoms with Crippen molar-refractivity contribution in [2.75, 3.05) is 37.6 Å². The molecule has 6 nitrogen and oxygen atoms in total. The molecule has 2 aromatic rings. The third-order valence-electron chi connectivity index (χ3n) is 4.41. The normalized spacial score (nSPS) is 14.9. The van der Waals surface area contributed by atoms with E-state index in [0.717, 1.165) is 41.7 Å². The zero-order valence-corrected chi connectivity index (χ0v) is 14.5. The molecule has 0 aromatic heterocycles. The maximum atomic E-state index is 5.43. The number of nitrogens with zero attached hydrogens (tertiary/aromatic N) is 2. The van der Waals surface area contributed by atoms with E-state index >= 15 is 0 Å². The van der Waals surface area contributed by atoms with Gasteiger partial charge in [-0.25, -0.2) is 0 Å². The molecule has 0 saturated heterocycles. The van der Waals surface area contributed by atoms with E-state index in [1.165, 1.54) is 11.3 Å². The minimum atomic E-state index is 0.298. The number of benzene rings is 2. The highest BCUT2D eigenvalue weighted by atomic mass is 16.7. The number of fused-ring (bicyclic) bond motifs is 2. The highest BCUT2D eigenvalue weighted by Gasteiger charge is 2.14. The van der Waals surface area contributed by atoms with E-state index in [-0.39, 0.29) is 0 Å². The maximum Gasteiger partial charge on any atom is 0.231 e. The standard InChI is InChI=1S/C19H22N4O2/c1-23(2)15-4-5-16-14(10-15)7-8-20-19(22-16)21-11-13-3-6-17-18(9-13)25-12-24-17/h3-6,9-10H,7-8,11-12H2,1-2H3,(H2,20,21,22). The van der Waals surface area contributed by atoms with Crippen LogP contribution in [0.1, 0.15) is 11.1 Å². The first-order valence-electron chi connectivity index (χ1n) is 8.43. The Bertz CT molecular complexity index is 817. The van der Waals surface area contributed by atoms with Crippen molar-refractivity contribution in [3.63, 3.8) is 0 Å². The summed E-state index contributed by atoms with van der Waals surface area (Å²) >= 11 is 0. The fourth-order valence-electron chi connectivity index (χ4n) is 2.98. The molecule has 25 heavy (non-hydrogen) atoms. The summed E-state index contributed by atoms with van der Waals surface area (Å²) in [7, 11) is 4.11. The SMILES string of the molecule is CN(C)c1ccc2c(c1)CCN=C(NCc1ccc3c(c1)OCO3)N2. The first-order chi connectivity index (χ1) is 12.2. The van der Waals surface area contributed by atoms with Gasteiger partial charge < -0.3 is 25.0 Å². The van der Waals surface area contributed by atoms with Crippen molar-refractivity contribution in [2.24, 2.45) is 4.99 Å². The second kappa shape index (κ2) is 6.55. The van der Waals surface area contributed by atoms with Crippen molar-refractivity contribution < 1.29 is 9.47 Å². The highest BCUT2D eigenvalue weighted by Crippen LogP contribution is 2.32. The van der Waals surface area contributed by atoms with Crippen LogP contribution < -0.4 is 25.0 Å². The van der Waals surface area contributed by atoms with Crippen LogP contribution in [-0.4, -0.2) is 33.4 Å². The summed E-state index contributed by atoms with van der Waals surface area (Å²) in [6.45, 7) is 1.74. The Hall–Kier alpha value is -2.89. The van der Waals surface area contributed by atoms with Crippen LogP contribution in [0.2, 0.25) is 0 Å². The smallest absolute Gasteiger partial charge is 0.231 e. The van der Waals surface area contributed by atoms with Crippen LogP contribution in [0.3, 0.4) is 0 Å². The summed E-state index contributed by atoms with van der Waals surface area (Å²) in [5.74, 6) is 2.41. The summed E-state index contributed by atoms with van der Waals surface area (Å²) in [4.78, 5) is 6.74. The average Bonchev–Trinajstić information content (AvgIpc) is 2.98. The predicted molar refractivity (Wildman–Crippen MR) is 99.8 cm³/mol. The first-order valence-corrected chi connectivity index (χ1v) is 8.43. The molecule has 2 aliphatic heterocycles. The number of aliphatic imine (C=N–C) groups is 1. The van der Waals surface area contributed by atoms with Gasteiger partial charge in [-0.05, 0) is 47.9 Å². The summed E-state index contributed by atoms with van der Waals surface area (Å²) < 4.78 is 10.8. The van der Waals surface area contributed by atoms with Crippen molar-refractivity contribution in [3.8, 4) is 11.5 Å². The Morgan fingerprint density at radius 2 is 2.00 bits per heavy atom. The van der Waals surface area contributed by atoms with E-state index in [9.17, 15) is 0 Å². The number of ether oxygens (including phenoxy) is 2. The third kappa shape index (κ3) is 3.33. The van der Waals surface area contributed by atoms with Crippen molar-refractivity contribution in [1.82, 2.24) is 5.32 Å². The van der Waals surface area contributed by atoms with E-state index < -0.39 is 0 Å². The Morgan fingerprint density at radius 3 is 2.88 bits per heavy atom. The monoisotopic (exact) mass is 338 g/mol. The van der Waals surface area contributed by atoms with Crippen LogP contribution in [0.4, 0.5) is 11.4 Å². The zero-order chi connectivity index (χ0) is 17.2. The lowest BCUT2D eigenvalue weighted by Crippen LogP contribution is -2.30. The predicted octanol–water partition coefficient (Wildman–Crippen LogP) is 2.60. The van der Waals surface area contributed by atoms with E-state index in [1.807, 2.05) is 18.2 Å². The zero-order valence-electron chi connectivity index (χ0n) is 14.5. The van der Waals surface area contributed by atoms with Gasteiger partial charge in [0.05, 0.1) is 0 Å². The van der Waals surface area contributed by atoms with Crippen LogP contribution in [0.5, 0.6) is 11.5 Å². The molecule has 0 bridgehead atoms. The summed E-state index contributed by atoms with van der Waals surface area (Å²) in [6, 6.07) is 12.4. The number of guanidine groups is 1. The fourth-order valence-corrected chi connectivity index (χ4v) is 2.98. The van der Waals surface area contributed by atoms with Gasteiger partial charge in [0, 0.05) is 38.6 Å². The van der Waals surface area contributed by atoms with Gasteiger partial charge in [-0.3, -0.25) is 4.99 Å². The Labute approximate surface area is 147 Å². The maximum absolute atomic E-state index is 5.43. The summed E-state index contributed by atoms with van der Waals surface area (Å²) in [5, 5.41) is 6.79. The Kier molecular flexibility index (Phi) is 4.09. The van der Waals surface area contributed by atoms with Crippen LogP contribution in [0, 0.1) is 0 Å². The fraction of sp³-hybridized carbons (Fsp3) is 0.316. The largest absolute Gasteiger partial charge is 0.454 e. The summed E-state index contributed by atoms with van der Waals surface area (Å²) in [5.41, 5.74) is 4.73. The molecule has 0 aliphatic carbocycles. The quantitative estimate of drug-likeness (QED) is 0.901. The van der Waals surface area contributed by atoms with Gasteiger partial charge in [-0.2, -0.15) is 0 Å². The van der Waals surface area contributed by atoms with Gasteiger partial charge in [0.25, 0.3) is 0 Å². The molecule has 6 heteroatoms. The molecular weight excluding hydrogens is 316 g/mol. The molecule has 2 aromatic carbocycles. The number of hydrogen-bond acceptors (Lipinski definition) is 6. The lowest BCUT2D eigenvalue weighted by molar-refractivity contribution is 0.174. The van der Waals surface area contributed by atoms with E-state index in [0.29, 0.717) is 13.3 Å². The van der Waals surface area contributed by atoms with Gasteiger partial charge in [0.15, 0.2) is 17.5 Å². The lowest BCUT2D eigenvalue weighted by atomic mass is 10.1. The van der Waals surface area contributed by atoms with Crippen molar-refractivity contribution in [2.45, 2.75) is 13.0 Å². The molecule has 0 atom stereocenters. The molecule has 0 unspecified atom stereocenters. The van der Waals surface area contributed by atoms with Crippen molar-refractivity contribution >= 4 is 17.3 Å². The summed E-state index contributed by atoms with van der Waals surface area (Å²) in [6.07, 6.45) is 0.930. The van der Waals surface area contributed by atoms with Crippen molar-refractivity contribution in [3.05, 3.63) is 47.5 Å². The van der Waals surface area contributed by atoms with Gasteiger partial charge in [-0.1, -0.05) is 6.07 Å². The van der Waals surface area contributed by atoms with Crippen LogP contribution in [-0.2, 0) is 13.0 Å². The Balaban J connectivity index is 1.44. The molecular formula is C19H22N4O2. The second-order valence-electron chi connectivity index (χ2n) is 6.38. The first kappa shape index (κ1) is 15.6. The van der Waals surface area contributed by atoms with Crippen LogP contribution >= 0.6 is 0 Å². The molecule has 2 heterocycles. The molecule has 130 valence electrons. The molecule has 0 amide bonds. The van der Waals surface area contributed by atoms with Crippen molar-refractivity contribution in [1.29, 1.82) is 0 Å². The van der Waals surface area contributed by atoms with Gasteiger partial charge in [0.2, 0.25) is 6.79 Å². The molecule has 2 aliphatic rings. The van der Waals surface area contributed by atoms with Gasteiger partial charge >= 0.3 is 0 Å². The van der Waals surface area contributed by atoms with Gasteiger partial charge in [0.1, 0.15) is 0 Å². The van der Waals surface area contributed by atoms with Crippen LogP contribution in [0.15, 0.2) is 41.4 Å². The molecule has 0 spiro atoms. The van der Waals surface area contributed by atoms with E-state index in [1.54, 1.807) is 0 Å². The second-order valence-corrected chi connectivity index (χ2v) is 6.38. The molecule has 0 saturated carbocycles. The lowest BCUT2D eigenvalue weighted by Gasteiger charge is -2.16.